The molecule has 2 fully saturated rings. The van der Waals surface area contributed by atoms with Gasteiger partial charge in [0.1, 0.15) is 42.7 Å². The van der Waals surface area contributed by atoms with Crippen molar-refractivity contribution in [3.05, 3.63) is 0 Å². The predicted octanol–water partition coefficient (Wildman–Crippen LogP) is -4.69. The summed E-state index contributed by atoms with van der Waals surface area (Å²) in [6.45, 7) is -0.591. The van der Waals surface area contributed by atoms with Crippen molar-refractivity contribution in [2.75, 3.05) is 13.7 Å². The predicted molar refractivity (Wildman–Crippen MR) is 76.7 cm³/mol. The summed E-state index contributed by atoms with van der Waals surface area (Å²) in [5.41, 5.74) is 0. The zero-order valence-corrected chi connectivity index (χ0v) is 13.2. The number of aliphatic hydroxyl groups is 8. The smallest absolute Gasteiger partial charge is 0.111 e. The molecule has 0 spiro atoms. The minimum absolute atomic E-state index is 0.151. The average molecular weight is 354 g/mol. The monoisotopic (exact) mass is 354 g/mol. The van der Waals surface area contributed by atoms with Gasteiger partial charge in [-0.3, -0.25) is 0 Å². The molecule has 0 aromatic heterocycles. The van der Waals surface area contributed by atoms with Gasteiger partial charge in [-0.1, -0.05) is 0 Å². The van der Waals surface area contributed by atoms with Gasteiger partial charge in [-0.05, 0) is 6.42 Å². The molecule has 0 amide bonds. The molecule has 1 heterocycles. The quantitative estimate of drug-likeness (QED) is 0.244. The highest BCUT2D eigenvalue weighted by Crippen LogP contribution is 2.35. The van der Waals surface area contributed by atoms with E-state index in [1.807, 2.05) is 0 Å². The van der Waals surface area contributed by atoms with Gasteiger partial charge in [-0.25, -0.2) is 0 Å². The highest BCUT2D eigenvalue weighted by atomic mass is 16.5. The Hall–Kier alpha value is -0.400. The van der Waals surface area contributed by atoms with E-state index < -0.39 is 73.6 Å². The van der Waals surface area contributed by atoms with E-state index in [0.717, 1.165) is 0 Å². The minimum Gasteiger partial charge on any atom is -0.394 e. The Kier molecular flexibility index (Phi) is 6.53. The van der Waals surface area contributed by atoms with Crippen molar-refractivity contribution in [3.8, 4) is 0 Å². The molecule has 1 aliphatic carbocycles. The first-order valence-electron chi connectivity index (χ1n) is 7.80. The lowest BCUT2D eigenvalue weighted by atomic mass is 9.74. The van der Waals surface area contributed by atoms with E-state index in [9.17, 15) is 40.9 Å². The van der Waals surface area contributed by atoms with Crippen LogP contribution in [0.3, 0.4) is 0 Å². The summed E-state index contributed by atoms with van der Waals surface area (Å²) in [7, 11) is 1.26. The van der Waals surface area contributed by atoms with Crippen molar-refractivity contribution in [3.63, 3.8) is 0 Å². The van der Waals surface area contributed by atoms with Crippen LogP contribution in [0, 0.1) is 5.92 Å². The van der Waals surface area contributed by atoms with Crippen molar-refractivity contribution in [1.82, 2.24) is 0 Å². The first-order chi connectivity index (χ1) is 11.2. The molecule has 142 valence electrons. The van der Waals surface area contributed by atoms with Crippen molar-refractivity contribution in [2.24, 2.45) is 5.92 Å². The van der Waals surface area contributed by atoms with Crippen LogP contribution in [-0.4, -0.2) is 116 Å². The number of hydrogen-bond donors (Lipinski definition) is 8. The van der Waals surface area contributed by atoms with E-state index in [4.69, 9.17) is 9.47 Å². The van der Waals surface area contributed by atoms with Crippen molar-refractivity contribution in [1.29, 1.82) is 0 Å². The van der Waals surface area contributed by atoms with Crippen LogP contribution in [0.1, 0.15) is 6.42 Å². The number of aliphatic hydroxyl groups excluding tert-OH is 8. The van der Waals surface area contributed by atoms with Crippen molar-refractivity contribution >= 4 is 0 Å². The molecular formula is C14H26O10. The molecule has 0 aromatic carbocycles. The summed E-state index contributed by atoms with van der Waals surface area (Å²) >= 11 is 0. The van der Waals surface area contributed by atoms with Gasteiger partial charge in [0, 0.05) is 13.0 Å². The maximum absolute atomic E-state index is 10.2. The van der Waals surface area contributed by atoms with E-state index in [2.05, 4.69) is 0 Å². The minimum atomic E-state index is -1.62. The van der Waals surface area contributed by atoms with Gasteiger partial charge < -0.3 is 50.3 Å². The molecule has 1 saturated heterocycles. The molecule has 0 unspecified atom stereocenters. The third-order valence-electron chi connectivity index (χ3n) is 5.01. The molecule has 0 aromatic rings. The van der Waals surface area contributed by atoms with E-state index in [-0.39, 0.29) is 6.42 Å². The van der Waals surface area contributed by atoms with Gasteiger partial charge >= 0.3 is 0 Å². The number of methoxy groups -OCH3 is 1. The lowest BCUT2D eigenvalue weighted by molar-refractivity contribution is -0.251. The molecule has 24 heavy (non-hydrogen) atoms. The van der Waals surface area contributed by atoms with Crippen LogP contribution in [0.5, 0.6) is 0 Å². The molecule has 10 heteroatoms. The van der Waals surface area contributed by atoms with E-state index in [1.165, 1.54) is 7.11 Å². The van der Waals surface area contributed by atoms with Crippen LogP contribution in [0.15, 0.2) is 0 Å². The van der Waals surface area contributed by atoms with E-state index in [0.29, 0.717) is 0 Å². The van der Waals surface area contributed by atoms with Crippen LogP contribution >= 0.6 is 0 Å². The molecular weight excluding hydrogens is 328 g/mol. The first kappa shape index (κ1) is 19.9. The van der Waals surface area contributed by atoms with Gasteiger partial charge in [0.15, 0.2) is 0 Å². The average Bonchev–Trinajstić information content (AvgIpc) is 2.58. The molecule has 8 N–H and O–H groups in total. The molecule has 11 atom stereocenters. The number of ether oxygens (including phenoxy) is 2. The van der Waals surface area contributed by atoms with Gasteiger partial charge in [0.05, 0.1) is 24.9 Å². The molecule has 0 radical (unpaired) electrons. The largest absolute Gasteiger partial charge is 0.394 e. The SMILES string of the molecule is CO[C@@H]1[C@@H](O)[C@@H](O)[C@H](O)[C@H](O)[C@H]1C[C@@H]1O[C@H](CO)[C@H](O)[C@H](O)[C@H]1O. The lowest BCUT2D eigenvalue weighted by Crippen LogP contribution is -2.64. The lowest BCUT2D eigenvalue weighted by Gasteiger charge is -2.47. The third kappa shape index (κ3) is 3.44. The fourth-order valence-electron chi connectivity index (χ4n) is 3.53. The standard InChI is InChI=1S/C14H26O10/c1-23-14-4(7(16)10(19)12(21)13(14)22)2-5-8(17)11(20)9(18)6(3-15)24-5/h4-22H,2-3H2,1H3/t4-,5+,6-,7-,8+,9+,10-,11-,12+,13+,14+/m1/s1. The van der Waals surface area contributed by atoms with E-state index in [1.54, 1.807) is 0 Å². The first-order valence-corrected chi connectivity index (χ1v) is 7.80. The maximum atomic E-state index is 10.2. The Bertz CT molecular complexity index is 407. The van der Waals surface area contributed by atoms with Crippen LogP contribution in [-0.2, 0) is 9.47 Å². The second kappa shape index (κ2) is 7.87. The molecule has 10 nitrogen and oxygen atoms in total. The Morgan fingerprint density at radius 1 is 0.708 bits per heavy atom. The topological polar surface area (TPSA) is 180 Å². The number of hydrogen-bond acceptors (Lipinski definition) is 10. The van der Waals surface area contributed by atoms with Crippen LogP contribution in [0.4, 0.5) is 0 Å². The van der Waals surface area contributed by atoms with Gasteiger partial charge in [0.2, 0.25) is 0 Å². The van der Waals surface area contributed by atoms with E-state index >= 15 is 0 Å². The summed E-state index contributed by atoms with van der Waals surface area (Å²) in [5, 5.41) is 78.6. The molecule has 1 aliphatic heterocycles. The second-order valence-corrected chi connectivity index (χ2v) is 6.43. The Morgan fingerprint density at radius 3 is 1.75 bits per heavy atom. The third-order valence-corrected chi connectivity index (χ3v) is 5.01. The Balaban J connectivity index is 2.17. The highest BCUT2D eigenvalue weighted by Gasteiger charge is 2.52. The zero-order chi connectivity index (χ0) is 18.2. The zero-order valence-electron chi connectivity index (χ0n) is 13.2. The fourth-order valence-corrected chi connectivity index (χ4v) is 3.53. The van der Waals surface area contributed by atoms with Crippen molar-refractivity contribution in [2.45, 2.75) is 67.5 Å². The highest BCUT2D eigenvalue weighted by molar-refractivity contribution is 5.02. The summed E-state index contributed by atoms with van der Waals surface area (Å²) in [6, 6.07) is 0. The Labute approximate surface area is 138 Å². The van der Waals surface area contributed by atoms with Gasteiger partial charge in [0.25, 0.3) is 0 Å². The molecule has 0 bridgehead atoms. The summed E-state index contributed by atoms with van der Waals surface area (Å²) < 4.78 is 10.5. The maximum Gasteiger partial charge on any atom is 0.111 e. The molecule has 2 rings (SSSR count). The molecule has 1 saturated carbocycles. The number of rotatable bonds is 4. The summed E-state index contributed by atoms with van der Waals surface area (Å²) in [6.07, 6.45) is -14.1. The van der Waals surface area contributed by atoms with Crippen LogP contribution in [0.25, 0.3) is 0 Å². The molecule has 2 aliphatic rings. The second-order valence-electron chi connectivity index (χ2n) is 6.43. The van der Waals surface area contributed by atoms with Crippen LogP contribution < -0.4 is 0 Å². The van der Waals surface area contributed by atoms with Crippen LogP contribution in [0.2, 0.25) is 0 Å². The Morgan fingerprint density at radius 2 is 1.21 bits per heavy atom. The van der Waals surface area contributed by atoms with Gasteiger partial charge in [-0.15, -0.1) is 0 Å². The van der Waals surface area contributed by atoms with Gasteiger partial charge in [-0.2, -0.15) is 0 Å². The normalized spacial score (nSPS) is 53.1. The van der Waals surface area contributed by atoms with Crippen molar-refractivity contribution < 1.29 is 50.3 Å². The summed E-state index contributed by atoms with van der Waals surface area (Å²) in [5.74, 6) is -0.926. The fraction of sp³-hybridized carbons (Fsp3) is 1.00. The summed E-state index contributed by atoms with van der Waals surface area (Å²) in [4.78, 5) is 0.